The van der Waals surface area contributed by atoms with E-state index in [0.29, 0.717) is 24.4 Å². The zero-order valence-corrected chi connectivity index (χ0v) is 12.1. The molecular formula is C13H13IN2O2. The first-order chi connectivity index (χ1) is 8.72. The van der Waals surface area contributed by atoms with Crippen LogP contribution in [0.2, 0.25) is 0 Å². The summed E-state index contributed by atoms with van der Waals surface area (Å²) < 4.78 is 7.78. The van der Waals surface area contributed by atoms with Crippen LogP contribution < -0.4 is 0 Å². The summed E-state index contributed by atoms with van der Waals surface area (Å²) in [6.45, 7) is 1.11. The molecule has 0 N–H and O–H groups in total. The molecule has 2 rings (SSSR count). The van der Waals surface area contributed by atoms with Crippen LogP contribution in [0.1, 0.15) is 16.1 Å². The van der Waals surface area contributed by atoms with Crippen molar-refractivity contribution in [1.82, 2.24) is 9.78 Å². The molecule has 0 spiro atoms. The van der Waals surface area contributed by atoms with E-state index >= 15 is 0 Å². The quantitative estimate of drug-likeness (QED) is 0.610. The third-order valence-corrected chi connectivity index (χ3v) is 3.28. The normalized spacial score (nSPS) is 10.6. The summed E-state index contributed by atoms with van der Waals surface area (Å²) in [5, 5.41) is 4.13. The molecule has 1 aromatic heterocycles. The Hall–Kier alpha value is -1.21. The van der Waals surface area contributed by atoms with Crippen molar-refractivity contribution in [1.29, 1.82) is 0 Å². The average molecular weight is 356 g/mol. The molecule has 0 aliphatic rings. The van der Waals surface area contributed by atoms with E-state index in [4.69, 9.17) is 4.74 Å². The largest absolute Gasteiger partial charge is 0.383 e. The van der Waals surface area contributed by atoms with Gasteiger partial charge in [0.15, 0.2) is 0 Å². The molecule has 0 saturated heterocycles. The molecule has 0 radical (unpaired) electrons. The number of hydrogen-bond acceptors (Lipinski definition) is 3. The SMILES string of the molecule is COCCn1nccc1C(=O)c1ccc(I)cc1. The van der Waals surface area contributed by atoms with Crippen molar-refractivity contribution in [2.75, 3.05) is 13.7 Å². The van der Waals surface area contributed by atoms with Gasteiger partial charge in [-0.2, -0.15) is 5.10 Å². The van der Waals surface area contributed by atoms with Crippen LogP contribution in [0.25, 0.3) is 0 Å². The van der Waals surface area contributed by atoms with Crippen LogP contribution in [0, 0.1) is 3.57 Å². The van der Waals surface area contributed by atoms with Crippen LogP contribution in [-0.4, -0.2) is 29.3 Å². The number of halogens is 1. The van der Waals surface area contributed by atoms with Gasteiger partial charge in [0.25, 0.3) is 0 Å². The molecule has 0 unspecified atom stereocenters. The maximum absolute atomic E-state index is 12.3. The van der Waals surface area contributed by atoms with Crippen molar-refractivity contribution in [3.63, 3.8) is 0 Å². The molecule has 0 saturated carbocycles. The summed E-state index contributed by atoms with van der Waals surface area (Å²) in [7, 11) is 1.63. The highest BCUT2D eigenvalue weighted by atomic mass is 127. The number of rotatable bonds is 5. The van der Waals surface area contributed by atoms with E-state index in [2.05, 4.69) is 27.7 Å². The van der Waals surface area contributed by atoms with Crippen LogP contribution >= 0.6 is 22.6 Å². The van der Waals surface area contributed by atoms with Gasteiger partial charge in [-0.05, 0) is 52.9 Å². The van der Waals surface area contributed by atoms with Crippen molar-refractivity contribution >= 4 is 28.4 Å². The Bertz CT molecular complexity index is 534. The lowest BCUT2D eigenvalue weighted by Crippen LogP contribution is -2.14. The number of carbonyl (C=O) groups is 1. The van der Waals surface area contributed by atoms with E-state index in [-0.39, 0.29) is 5.78 Å². The van der Waals surface area contributed by atoms with Gasteiger partial charge in [0.2, 0.25) is 5.78 Å². The molecule has 1 aromatic carbocycles. The Balaban J connectivity index is 2.23. The number of hydrogen-bond donors (Lipinski definition) is 0. The average Bonchev–Trinajstić information content (AvgIpc) is 2.84. The zero-order chi connectivity index (χ0) is 13.0. The lowest BCUT2D eigenvalue weighted by Gasteiger charge is -2.06. The summed E-state index contributed by atoms with van der Waals surface area (Å²) in [5.41, 5.74) is 1.27. The Morgan fingerprint density at radius 2 is 2.06 bits per heavy atom. The Labute approximate surface area is 119 Å². The smallest absolute Gasteiger partial charge is 0.211 e. The van der Waals surface area contributed by atoms with E-state index in [0.717, 1.165) is 3.57 Å². The van der Waals surface area contributed by atoms with Gasteiger partial charge in [-0.1, -0.05) is 0 Å². The fraction of sp³-hybridized carbons (Fsp3) is 0.231. The van der Waals surface area contributed by atoms with Gasteiger partial charge in [0, 0.05) is 22.4 Å². The Morgan fingerprint density at radius 3 is 2.72 bits per heavy atom. The minimum atomic E-state index is -0.0139. The minimum Gasteiger partial charge on any atom is -0.383 e. The maximum Gasteiger partial charge on any atom is 0.211 e. The molecule has 0 aliphatic carbocycles. The van der Waals surface area contributed by atoms with Crippen molar-refractivity contribution in [2.45, 2.75) is 6.54 Å². The molecule has 4 nitrogen and oxygen atoms in total. The summed E-state index contributed by atoms with van der Waals surface area (Å²) in [6, 6.07) is 9.23. The van der Waals surface area contributed by atoms with E-state index in [1.165, 1.54) is 0 Å². The minimum absolute atomic E-state index is 0.0139. The first kappa shape index (κ1) is 13.2. The van der Waals surface area contributed by atoms with Gasteiger partial charge >= 0.3 is 0 Å². The van der Waals surface area contributed by atoms with Gasteiger partial charge < -0.3 is 4.74 Å². The molecule has 94 valence electrons. The van der Waals surface area contributed by atoms with E-state index in [9.17, 15) is 4.79 Å². The fourth-order valence-electron chi connectivity index (χ4n) is 1.63. The first-order valence-corrected chi connectivity index (χ1v) is 6.61. The van der Waals surface area contributed by atoms with Gasteiger partial charge in [0.1, 0.15) is 5.69 Å². The first-order valence-electron chi connectivity index (χ1n) is 5.53. The number of aromatic nitrogens is 2. The summed E-state index contributed by atoms with van der Waals surface area (Å²) in [5.74, 6) is -0.0139. The topological polar surface area (TPSA) is 44.1 Å². The van der Waals surface area contributed by atoms with Crippen LogP contribution in [0.15, 0.2) is 36.5 Å². The highest BCUT2D eigenvalue weighted by molar-refractivity contribution is 14.1. The predicted molar refractivity (Wildman–Crippen MR) is 76.7 cm³/mol. The Kier molecular flexibility index (Phi) is 4.48. The molecule has 5 heteroatoms. The molecule has 0 atom stereocenters. The zero-order valence-electron chi connectivity index (χ0n) is 9.97. The van der Waals surface area contributed by atoms with Crippen LogP contribution in [-0.2, 0) is 11.3 Å². The second-order valence-corrected chi connectivity index (χ2v) is 5.01. The van der Waals surface area contributed by atoms with Crippen LogP contribution in [0.3, 0.4) is 0 Å². The third kappa shape index (κ3) is 2.97. The van der Waals surface area contributed by atoms with Crippen LogP contribution in [0.5, 0.6) is 0 Å². The molecular weight excluding hydrogens is 343 g/mol. The van der Waals surface area contributed by atoms with Gasteiger partial charge in [-0.3, -0.25) is 9.48 Å². The molecule has 0 fully saturated rings. The lowest BCUT2D eigenvalue weighted by atomic mass is 10.1. The van der Waals surface area contributed by atoms with E-state index in [1.54, 1.807) is 24.1 Å². The molecule has 0 aliphatic heterocycles. The highest BCUT2D eigenvalue weighted by Gasteiger charge is 2.13. The lowest BCUT2D eigenvalue weighted by molar-refractivity contribution is 0.102. The van der Waals surface area contributed by atoms with Crippen LogP contribution in [0.4, 0.5) is 0 Å². The van der Waals surface area contributed by atoms with Crippen molar-refractivity contribution in [3.8, 4) is 0 Å². The number of nitrogens with zero attached hydrogens (tertiary/aromatic N) is 2. The standard InChI is InChI=1S/C13H13IN2O2/c1-18-9-8-16-12(6-7-15-16)13(17)10-2-4-11(14)5-3-10/h2-7H,8-9H2,1H3. The number of carbonyl (C=O) groups excluding carboxylic acids is 1. The molecule has 0 amide bonds. The summed E-state index contributed by atoms with van der Waals surface area (Å²) in [4.78, 5) is 12.3. The summed E-state index contributed by atoms with van der Waals surface area (Å²) >= 11 is 2.21. The number of ether oxygens (including phenoxy) is 1. The number of benzene rings is 1. The Morgan fingerprint density at radius 1 is 1.33 bits per heavy atom. The molecule has 2 aromatic rings. The second-order valence-electron chi connectivity index (χ2n) is 3.77. The number of methoxy groups -OCH3 is 1. The van der Waals surface area contributed by atoms with Crippen molar-refractivity contribution in [2.24, 2.45) is 0 Å². The second kappa shape index (κ2) is 6.10. The summed E-state index contributed by atoms with van der Waals surface area (Å²) in [6.07, 6.45) is 1.63. The van der Waals surface area contributed by atoms with E-state index < -0.39 is 0 Å². The molecule has 18 heavy (non-hydrogen) atoms. The van der Waals surface area contributed by atoms with Gasteiger partial charge in [-0.25, -0.2) is 0 Å². The predicted octanol–water partition coefficient (Wildman–Crippen LogP) is 2.37. The van der Waals surface area contributed by atoms with Gasteiger partial charge in [0.05, 0.1) is 13.2 Å². The third-order valence-electron chi connectivity index (χ3n) is 2.56. The van der Waals surface area contributed by atoms with Crippen molar-refractivity contribution in [3.05, 3.63) is 51.4 Å². The van der Waals surface area contributed by atoms with E-state index in [1.807, 2.05) is 24.3 Å². The number of ketones is 1. The monoisotopic (exact) mass is 356 g/mol. The fourth-order valence-corrected chi connectivity index (χ4v) is 1.99. The molecule has 1 heterocycles. The van der Waals surface area contributed by atoms with Crippen molar-refractivity contribution < 1.29 is 9.53 Å². The highest BCUT2D eigenvalue weighted by Crippen LogP contribution is 2.12. The van der Waals surface area contributed by atoms with Gasteiger partial charge in [-0.15, -0.1) is 0 Å². The maximum atomic E-state index is 12.3. The molecule has 0 bridgehead atoms.